The zero-order valence-corrected chi connectivity index (χ0v) is 10.8. The maximum absolute atomic E-state index is 11.6. The number of hydrogen-bond acceptors (Lipinski definition) is 1. The predicted molar refractivity (Wildman–Crippen MR) is 65.8 cm³/mol. The Morgan fingerprint density at radius 2 is 1.84 bits per heavy atom. The molecule has 2 aliphatic carbocycles. The van der Waals surface area contributed by atoms with Crippen molar-refractivity contribution in [3.8, 4) is 11.8 Å². The van der Waals surface area contributed by atoms with E-state index in [1.54, 1.807) is 12.1 Å². The van der Waals surface area contributed by atoms with Gasteiger partial charge in [0.05, 0.1) is 0 Å². The number of rotatable bonds is 2. The van der Waals surface area contributed by atoms with E-state index >= 15 is 0 Å². The van der Waals surface area contributed by atoms with E-state index < -0.39 is 0 Å². The maximum atomic E-state index is 11.6. The van der Waals surface area contributed by atoms with E-state index in [1.807, 2.05) is 18.2 Å². The molecule has 0 bridgehead atoms. The summed E-state index contributed by atoms with van der Waals surface area (Å²) in [7, 11) is 0. The van der Waals surface area contributed by atoms with Gasteiger partial charge in [0.15, 0.2) is 0 Å². The molecule has 0 aliphatic heterocycles. The summed E-state index contributed by atoms with van der Waals surface area (Å²) in [6, 6.07) is 9.04. The van der Waals surface area contributed by atoms with Gasteiger partial charge in [-0.2, -0.15) is 0 Å². The summed E-state index contributed by atoms with van der Waals surface area (Å²) in [5.41, 5.74) is 11.2. The fraction of sp³-hybridized carbons (Fsp3) is 0. The summed E-state index contributed by atoms with van der Waals surface area (Å²) >= 11 is 0. The van der Waals surface area contributed by atoms with Crippen LogP contribution in [0.5, 0.6) is 0 Å². The second-order valence-corrected chi connectivity index (χ2v) is 3.20. The Balaban J connectivity index is 0.000000256. The first kappa shape index (κ1) is 14.6. The first-order chi connectivity index (χ1) is 8.88. The van der Waals surface area contributed by atoms with Crippen LogP contribution in [0.15, 0.2) is 58.8 Å². The Labute approximate surface area is 122 Å². The largest absolute Gasteiger partial charge is 2.00 e. The molecule has 2 aliphatic rings. The van der Waals surface area contributed by atoms with Crippen LogP contribution in [0.4, 0.5) is 0 Å². The Bertz CT molecular complexity index is 715. The fourth-order valence-electron chi connectivity index (χ4n) is 1.22. The second-order valence-electron chi connectivity index (χ2n) is 3.20. The van der Waals surface area contributed by atoms with Crippen LogP contribution in [-0.4, -0.2) is 5.78 Å². The van der Waals surface area contributed by atoms with E-state index in [-0.39, 0.29) is 22.9 Å². The summed E-state index contributed by atoms with van der Waals surface area (Å²) in [4.78, 5) is 11.6. The van der Waals surface area contributed by atoms with Crippen molar-refractivity contribution in [3.63, 3.8) is 0 Å². The van der Waals surface area contributed by atoms with Crippen molar-refractivity contribution in [1.29, 1.82) is 0 Å². The van der Waals surface area contributed by atoms with E-state index in [0.717, 1.165) is 0 Å². The number of benzene rings is 1. The number of ketones is 1. The number of allylic oxidation sites excluding steroid dienone is 3. The van der Waals surface area contributed by atoms with Gasteiger partial charge >= 0.3 is 17.1 Å². The van der Waals surface area contributed by atoms with E-state index in [1.165, 1.54) is 0 Å². The quantitative estimate of drug-likeness (QED) is 0.267. The molecule has 2 heteroatoms. The minimum atomic E-state index is -0.0851. The van der Waals surface area contributed by atoms with Gasteiger partial charge in [-0.15, -0.1) is 12.2 Å². The van der Waals surface area contributed by atoms with E-state index in [2.05, 4.69) is 53.0 Å². The SMILES string of the molecule is O=C(C1=C=[C-]C#C1)c1ccccc1.[C]1=C=C=C=[C-]1.[Fe+2]. The molecule has 1 nitrogen and oxygen atoms in total. The molecule has 0 atom stereocenters. The molecule has 1 radical (unpaired) electrons. The topological polar surface area (TPSA) is 17.1 Å². The number of carbonyl (C=O) groups excluding carboxylic acids is 1. The Hall–Kier alpha value is -2.43. The van der Waals surface area contributed by atoms with Crippen LogP contribution in [0.2, 0.25) is 0 Å². The molecule has 0 saturated carbocycles. The molecule has 0 amide bonds. The van der Waals surface area contributed by atoms with Crippen molar-refractivity contribution in [1.82, 2.24) is 0 Å². The summed E-state index contributed by atoms with van der Waals surface area (Å²) in [5.74, 6) is 5.12. The summed E-state index contributed by atoms with van der Waals surface area (Å²) in [5, 5.41) is 0. The van der Waals surface area contributed by atoms with Crippen molar-refractivity contribution in [2.75, 3.05) is 0 Å². The molecule has 0 unspecified atom stereocenters. The van der Waals surface area contributed by atoms with Gasteiger partial charge in [0, 0.05) is 5.56 Å². The van der Waals surface area contributed by atoms with Gasteiger partial charge in [0.1, 0.15) is 5.78 Å². The third-order valence-corrected chi connectivity index (χ3v) is 2.01. The van der Waals surface area contributed by atoms with Gasteiger partial charge in [-0.3, -0.25) is 17.4 Å². The Kier molecular flexibility index (Phi) is 6.01. The van der Waals surface area contributed by atoms with Gasteiger partial charge in [-0.25, -0.2) is 17.4 Å². The predicted octanol–water partition coefficient (Wildman–Crippen LogP) is 2.40. The van der Waals surface area contributed by atoms with Crippen LogP contribution in [-0.2, 0) is 17.1 Å². The van der Waals surface area contributed by atoms with Gasteiger partial charge in [0.2, 0.25) is 0 Å². The van der Waals surface area contributed by atoms with Crippen LogP contribution < -0.4 is 0 Å². The summed E-state index contributed by atoms with van der Waals surface area (Å²) in [6.45, 7) is 0. The van der Waals surface area contributed by atoms with Gasteiger partial charge in [-0.1, -0.05) is 42.0 Å². The van der Waals surface area contributed by atoms with E-state index in [0.29, 0.717) is 11.1 Å². The molecule has 3 rings (SSSR count). The average molecular weight is 281 g/mol. The smallest absolute Gasteiger partial charge is 0.303 e. The standard InChI is InChI=1S/C12H5O.C5.Fe/c13-12(11-8-4-5-9-11)10-6-2-1-3-7-10;1-2-4-5-3-1;/h1-3,6-7H;;/q2*-1;+2. The molecule has 19 heavy (non-hydrogen) atoms. The van der Waals surface area contributed by atoms with E-state index in [9.17, 15) is 4.79 Å². The van der Waals surface area contributed by atoms with E-state index in [4.69, 9.17) is 0 Å². The van der Waals surface area contributed by atoms with Gasteiger partial charge < -0.3 is 4.79 Å². The maximum Gasteiger partial charge on any atom is 2.00 e. The minimum Gasteiger partial charge on any atom is -0.303 e. The van der Waals surface area contributed by atoms with Crippen molar-refractivity contribution in [2.24, 2.45) is 0 Å². The molecule has 0 spiro atoms. The average Bonchev–Trinajstić information content (AvgIpc) is 3.14. The summed E-state index contributed by atoms with van der Waals surface area (Å²) in [6.07, 6.45) is 7.55. The fourth-order valence-corrected chi connectivity index (χ4v) is 1.22. The molecule has 0 N–H and O–H groups in total. The molecule has 1 aromatic carbocycles. The third-order valence-electron chi connectivity index (χ3n) is 2.01. The number of carbonyl (C=O) groups is 1. The molecule has 87 valence electrons. The van der Waals surface area contributed by atoms with Crippen LogP contribution in [0.1, 0.15) is 10.4 Å². The van der Waals surface area contributed by atoms with Crippen LogP contribution >= 0.6 is 0 Å². The zero-order chi connectivity index (χ0) is 12.6. The first-order valence-electron chi connectivity index (χ1n) is 5.11. The monoisotopic (exact) mass is 281 g/mol. The minimum absolute atomic E-state index is 0. The van der Waals surface area contributed by atoms with Crippen molar-refractivity contribution >= 4 is 5.78 Å². The Morgan fingerprint density at radius 3 is 2.32 bits per heavy atom. The first-order valence-corrected chi connectivity index (χ1v) is 5.11. The normalized spacial score (nSPS) is 11.1. The van der Waals surface area contributed by atoms with Gasteiger partial charge in [-0.05, 0) is 0 Å². The van der Waals surface area contributed by atoms with Gasteiger partial charge in [0.25, 0.3) is 0 Å². The zero-order valence-electron chi connectivity index (χ0n) is 9.65. The molecular formula is C17H5FeO. The van der Waals surface area contributed by atoms with Crippen molar-refractivity contribution < 1.29 is 21.9 Å². The Morgan fingerprint density at radius 1 is 1.05 bits per heavy atom. The summed E-state index contributed by atoms with van der Waals surface area (Å²) < 4.78 is 0. The number of Topliss-reactive ketones (excluding diaryl/α,β-unsaturated/α-hetero) is 1. The van der Waals surface area contributed by atoms with Crippen LogP contribution in [0, 0.1) is 30.1 Å². The molecule has 0 saturated heterocycles. The molecule has 0 heterocycles. The molecular weight excluding hydrogens is 276 g/mol. The molecule has 0 fully saturated rings. The van der Waals surface area contributed by atoms with Crippen molar-refractivity contribution in [3.05, 3.63) is 82.6 Å². The molecule has 0 aromatic heterocycles. The third kappa shape index (κ3) is 4.38. The van der Waals surface area contributed by atoms with Crippen LogP contribution in [0.3, 0.4) is 0 Å². The second kappa shape index (κ2) is 7.81. The number of hydrogen-bond donors (Lipinski definition) is 0. The van der Waals surface area contributed by atoms with Crippen molar-refractivity contribution in [2.45, 2.75) is 0 Å². The van der Waals surface area contributed by atoms with Crippen LogP contribution in [0.25, 0.3) is 0 Å². The molecule has 1 aromatic rings.